The fraction of sp³-hybridized carbons (Fsp3) is 0.0667. The van der Waals surface area contributed by atoms with Crippen LogP contribution in [-0.4, -0.2) is 15.8 Å². The van der Waals surface area contributed by atoms with Crippen molar-refractivity contribution in [2.24, 2.45) is 0 Å². The number of imidazole rings is 1. The third-order valence-corrected chi connectivity index (χ3v) is 3.77. The lowest BCUT2D eigenvalue weighted by Crippen LogP contribution is -2.04. The maximum absolute atomic E-state index is 12.4. The summed E-state index contributed by atoms with van der Waals surface area (Å²) in [6.45, 7) is 0. The van der Waals surface area contributed by atoms with Gasteiger partial charge in [-0.15, -0.1) is 0 Å². The Balaban J connectivity index is 1.98. The molecule has 0 aliphatic rings. The highest BCUT2D eigenvalue weighted by Gasteiger charge is 2.13. The van der Waals surface area contributed by atoms with Crippen molar-refractivity contribution in [2.75, 3.05) is 0 Å². The molecule has 0 saturated heterocycles. The van der Waals surface area contributed by atoms with Gasteiger partial charge < -0.3 is 9.97 Å². The largest absolute Gasteiger partial charge is 0.323 e. The van der Waals surface area contributed by atoms with Crippen LogP contribution in [0.3, 0.4) is 0 Å². The van der Waals surface area contributed by atoms with Gasteiger partial charge in [-0.25, -0.2) is 4.79 Å². The van der Waals surface area contributed by atoms with Crippen LogP contribution in [0, 0.1) is 0 Å². The summed E-state index contributed by atoms with van der Waals surface area (Å²) in [6.07, 6.45) is 0.333. The molecule has 3 rings (SSSR count). The lowest BCUT2D eigenvalue weighted by molar-refractivity contribution is 0.0992. The lowest BCUT2D eigenvalue weighted by Gasteiger charge is -2.04. The molecule has 0 amide bonds. The first-order chi connectivity index (χ1) is 9.63. The highest BCUT2D eigenvalue weighted by atomic mass is 79.9. The quantitative estimate of drug-likeness (QED) is 0.725. The van der Waals surface area contributed by atoms with Crippen LogP contribution in [0.5, 0.6) is 0 Å². The Hall–Kier alpha value is -2.14. The van der Waals surface area contributed by atoms with Crippen LogP contribution in [0.2, 0.25) is 0 Å². The predicted molar refractivity (Wildman–Crippen MR) is 81.1 cm³/mol. The number of H-pyrrole nitrogens is 2. The van der Waals surface area contributed by atoms with Crippen molar-refractivity contribution >= 4 is 32.7 Å². The topological polar surface area (TPSA) is 65.7 Å². The molecule has 0 aliphatic carbocycles. The molecular weight excluding hydrogens is 320 g/mol. The number of halogens is 1. The number of benzene rings is 2. The summed E-state index contributed by atoms with van der Waals surface area (Å²) in [5.74, 6) is 0.00650. The van der Waals surface area contributed by atoms with E-state index < -0.39 is 0 Å². The first-order valence-corrected chi connectivity index (χ1v) is 6.91. The number of rotatable bonds is 3. The van der Waals surface area contributed by atoms with Gasteiger partial charge in [-0.3, -0.25) is 4.79 Å². The molecule has 0 spiro atoms. The van der Waals surface area contributed by atoms with Crippen LogP contribution >= 0.6 is 15.9 Å². The van der Waals surface area contributed by atoms with Crippen LogP contribution in [0.15, 0.2) is 51.7 Å². The average Bonchev–Trinajstić information content (AvgIpc) is 2.78. The van der Waals surface area contributed by atoms with Gasteiger partial charge in [0.1, 0.15) is 0 Å². The zero-order valence-electron chi connectivity index (χ0n) is 10.4. The molecule has 0 fully saturated rings. The molecule has 0 radical (unpaired) electrons. The van der Waals surface area contributed by atoms with Gasteiger partial charge in [-0.05, 0) is 33.6 Å². The van der Waals surface area contributed by atoms with Crippen molar-refractivity contribution in [3.8, 4) is 0 Å². The van der Waals surface area contributed by atoms with Gasteiger partial charge in [-0.2, -0.15) is 0 Å². The van der Waals surface area contributed by atoms with E-state index in [1.807, 2.05) is 30.3 Å². The number of hydrogen-bond donors (Lipinski definition) is 2. The standard InChI is InChI=1S/C15H11BrN2O2/c16-11-8-13-12(17-15(20)18-13)7-10(11)14(19)6-9-4-2-1-3-5-9/h1-5,7-8H,6H2,(H2,17,18,20). The van der Waals surface area contributed by atoms with Crippen LogP contribution in [0.4, 0.5) is 0 Å². The number of nitrogens with one attached hydrogen (secondary N) is 2. The smallest absolute Gasteiger partial charge is 0.306 e. The maximum atomic E-state index is 12.4. The van der Waals surface area contributed by atoms with Gasteiger partial charge in [0.25, 0.3) is 0 Å². The highest BCUT2D eigenvalue weighted by molar-refractivity contribution is 9.10. The second kappa shape index (κ2) is 5.09. The third kappa shape index (κ3) is 2.44. The van der Waals surface area contributed by atoms with Crippen molar-refractivity contribution in [1.82, 2.24) is 9.97 Å². The fourth-order valence-corrected chi connectivity index (χ4v) is 2.71. The number of hydrogen-bond acceptors (Lipinski definition) is 2. The van der Waals surface area contributed by atoms with Gasteiger partial charge in [0.2, 0.25) is 0 Å². The van der Waals surface area contributed by atoms with Gasteiger partial charge in [0.15, 0.2) is 5.78 Å². The molecule has 0 aliphatic heterocycles. The van der Waals surface area contributed by atoms with E-state index in [0.717, 1.165) is 5.56 Å². The first kappa shape index (κ1) is 12.9. The molecule has 4 nitrogen and oxygen atoms in total. The monoisotopic (exact) mass is 330 g/mol. The van der Waals surface area contributed by atoms with Crippen LogP contribution in [-0.2, 0) is 6.42 Å². The minimum Gasteiger partial charge on any atom is -0.306 e. The van der Waals surface area contributed by atoms with Crippen molar-refractivity contribution in [3.05, 3.63) is 68.5 Å². The van der Waals surface area contributed by atoms with E-state index in [-0.39, 0.29) is 11.5 Å². The Morgan fingerprint density at radius 1 is 1.05 bits per heavy atom. The molecule has 2 aromatic carbocycles. The molecule has 20 heavy (non-hydrogen) atoms. The minimum atomic E-state index is -0.278. The van der Waals surface area contributed by atoms with Gasteiger partial charge in [0.05, 0.1) is 11.0 Å². The summed E-state index contributed by atoms with van der Waals surface area (Å²) in [5.41, 5.74) is 2.57. The molecule has 0 saturated carbocycles. The summed E-state index contributed by atoms with van der Waals surface area (Å²) in [5, 5.41) is 0. The zero-order valence-corrected chi connectivity index (χ0v) is 12.0. The number of aromatic amines is 2. The summed E-state index contributed by atoms with van der Waals surface area (Å²) >= 11 is 3.38. The normalized spacial score (nSPS) is 10.8. The number of carbonyl (C=O) groups excluding carboxylic acids is 1. The van der Waals surface area contributed by atoms with Crippen molar-refractivity contribution in [3.63, 3.8) is 0 Å². The van der Waals surface area contributed by atoms with Crippen molar-refractivity contribution < 1.29 is 4.79 Å². The predicted octanol–water partition coefficient (Wildman–Crippen LogP) is 3.04. The van der Waals surface area contributed by atoms with Gasteiger partial charge in [0, 0.05) is 16.5 Å². The van der Waals surface area contributed by atoms with Crippen LogP contribution in [0.25, 0.3) is 11.0 Å². The second-order valence-electron chi connectivity index (χ2n) is 4.54. The number of carbonyl (C=O) groups is 1. The van der Waals surface area contributed by atoms with Crippen molar-refractivity contribution in [1.29, 1.82) is 0 Å². The number of ketones is 1. The van der Waals surface area contributed by atoms with Gasteiger partial charge >= 0.3 is 5.69 Å². The molecule has 5 heteroatoms. The van der Waals surface area contributed by atoms with Crippen LogP contribution < -0.4 is 5.69 Å². The Morgan fingerprint density at radius 3 is 2.40 bits per heavy atom. The summed E-state index contributed by atoms with van der Waals surface area (Å²) in [4.78, 5) is 28.9. The molecule has 0 unspecified atom stereocenters. The SMILES string of the molecule is O=C(Cc1ccccc1)c1cc2[nH]c(=O)[nH]c2cc1Br. The van der Waals surface area contributed by atoms with E-state index in [1.165, 1.54) is 0 Å². The molecule has 0 bridgehead atoms. The van der Waals surface area contributed by atoms with E-state index in [1.54, 1.807) is 12.1 Å². The minimum absolute atomic E-state index is 0.00650. The number of Topliss-reactive ketones (excluding diaryl/α,β-unsaturated/α-hetero) is 1. The molecule has 3 aromatic rings. The van der Waals surface area contributed by atoms with Crippen LogP contribution in [0.1, 0.15) is 15.9 Å². The Morgan fingerprint density at radius 2 is 1.70 bits per heavy atom. The Labute approximate surface area is 123 Å². The molecule has 1 aromatic heterocycles. The van der Waals surface area contributed by atoms with Crippen molar-refractivity contribution in [2.45, 2.75) is 6.42 Å². The molecular formula is C15H11BrN2O2. The molecule has 2 N–H and O–H groups in total. The molecule has 0 atom stereocenters. The van der Waals surface area contributed by atoms with E-state index in [0.29, 0.717) is 27.5 Å². The lowest BCUT2D eigenvalue weighted by atomic mass is 10.0. The maximum Gasteiger partial charge on any atom is 0.323 e. The highest BCUT2D eigenvalue weighted by Crippen LogP contribution is 2.23. The van der Waals surface area contributed by atoms with E-state index >= 15 is 0 Å². The molecule has 1 heterocycles. The molecule has 100 valence electrons. The summed E-state index contributed by atoms with van der Waals surface area (Å²) < 4.78 is 0.682. The second-order valence-corrected chi connectivity index (χ2v) is 5.40. The Bertz CT molecular complexity index is 834. The van der Waals surface area contributed by atoms with E-state index in [2.05, 4.69) is 25.9 Å². The Kier molecular flexibility index (Phi) is 3.28. The fourth-order valence-electron chi connectivity index (χ4n) is 2.15. The summed E-state index contributed by atoms with van der Waals surface area (Å²) in [7, 11) is 0. The third-order valence-electron chi connectivity index (χ3n) is 3.11. The van der Waals surface area contributed by atoms with Gasteiger partial charge in [-0.1, -0.05) is 30.3 Å². The average molecular weight is 331 g/mol. The number of fused-ring (bicyclic) bond motifs is 1. The van der Waals surface area contributed by atoms with E-state index in [9.17, 15) is 9.59 Å². The number of aromatic nitrogens is 2. The van der Waals surface area contributed by atoms with E-state index in [4.69, 9.17) is 0 Å². The first-order valence-electron chi connectivity index (χ1n) is 6.12. The summed E-state index contributed by atoms with van der Waals surface area (Å²) in [6, 6.07) is 13.0. The zero-order chi connectivity index (χ0) is 14.1.